The Balaban J connectivity index is 1.11. The molecule has 8 nitrogen and oxygen atoms in total. The van der Waals surface area contributed by atoms with Gasteiger partial charge in [-0.2, -0.15) is 13.2 Å². The van der Waals surface area contributed by atoms with Gasteiger partial charge in [-0.25, -0.2) is 4.98 Å². The first kappa shape index (κ1) is 29.1. The SMILES string of the molecule is Cc1cc(Cc2nccn3c(C4=CCN=C4C(F)(F)F)cnc23)ccc1C(=O)N1CCN(C(=O)C[C@@H]2CC[C@H](C)C2)CC1. The molecule has 1 aliphatic carbocycles. The molecule has 1 saturated heterocycles. The molecule has 1 aromatic carbocycles. The fourth-order valence-corrected chi connectivity index (χ4v) is 6.66. The molecule has 2 amide bonds. The highest BCUT2D eigenvalue weighted by atomic mass is 19.4. The Morgan fingerprint density at radius 2 is 1.81 bits per heavy atom. The number of aromatic nitrogens is 3. The van der Waals surface area contributed by atoms with Gasteiger partial charge in [0.25, 0.3) is 5.91 Å². The minimum atomic E-state index is -4.54. The van der Waals surface area contributed by atoms with Crippen LogP contribution >= 0.6 is 0 Å². The number of hydrogen-bond donors (Lipinski definition) is 0. The number of benzene rings is 1. The van der Waals surface area contributed by atoms with Crippen LogP contribution in [0.15, 0.2) is 47.9 Å². The number of aliphatic imine (C=N–C) groups is 1. The van der Waals surface area contributed by atoms with Crippen molar-refractivity contribution in [2.24, 2.45) is 16.8 Å². The van der Waals surface area contributed by atoms with Gasteiger partial charge < -0.3 is 9.80 Å². The second-order valence-electron chi connectivity index (χ2n) is 12.0. The second-order valence-corrected chi connectivity index (χ2v) is 12.0. The van der Waals surface area contributed by atoms with Gasteiger partial charge in [0.2, 0.25) is 5.91 Å². The van der Waals surface area contributed by atoms with Crippen LogP contribution in [0.2, 0.25) is 0 Å². The van der Waals surface area contributed by atoms with Crippen LogP contribution in [-0.4, -0.2) is 80.6 Å². The predicted molar refractivity (Wildman–Crippen MR) is 157 cm³/mol. The first-order valence-corrected chi connectivity index (χ1v) is 14.9. The number of piperazine rings is 1. The molecule has 0 radical (unpaired) electrons. The number of allylic oxidation sites excluding steroid dienone is 1. The van der Waals surface area contributed by atoms with Gasteiger partial charge in [0.15, 0.2) is 5.65 Å². The molecule has 6 rings (SSSR count). The summed E-state index contributed by atoms with van der Waals surface area (Å²) in [6.45, 7) is 6.26. The number of hydrogen-bond acceptors (Lipinski definition) is 5. The minimum absolute atomic E-state index is 0.0181. The average Bonchev–Trinajstić information content (AvgIpc) is 3.73. The van der Waals surface area contributed by atoms with E-state index in [2.05, 4.69) is 21.9 Å². The van der Waals surface area contributed by atoms with E-state index in [0.717, 1.165) is 24.0 Å². The lowest BCUT2D eigenvalue weighted by Gasteiger charge is -2.35. The highest BCUT2D eigenvalue weighted by Crippen LogP contribution is 2.34. The zero-order valence-electron chi connectivity index (χ0n) is 24.4. The van der Waals surface area contributed by atoms with E-state index in [0.29, 0.717) is 73.5 Å². The number of nitrogens with zero attached hydrogens (tertiary/aromatic N) is 6. The first-order valence-electron chi connectivity index (χ1n) is 14.9. The molecule has 43 heavy (non-hydrogen) atoms. The molecule has 0 spiro atoms. The van der Waals surface area contributed by atoms with E-state index in [1.165, 1.54) is 18.7 Å². The van der Waals surface area contributed by atoms with E-state index in [1.807, 2.05) is 34.9 Å². The smallest absolute Gasteiger partial charge is 0.339 e. The number of fused-ring (bicyclic) bond motifs is 1. The number of alkyl halides is 3. The number of carbonyl (C=O) groups is 2. The van der Waals surface area contributed by atoms with E-state index in [9.17, 15) is 22.8 Å². The van der Waals surface area contributed by atoms with Gasteiger partial charge in [-0.3, -0.25) is 24.0 Å². The number of rotatable bonds is 6. The van der Waals surface area contributed by atoms with Crippen LogP contribution in [0.4, 0.5) is 13.2 Å². The third-order valence-corrected chi connectivity index (χ3v) is 8.92. The summed E-state index contributed by atoms with van der Waals surface area (Å²) >= 11 is 0. The lowest BCUT2D eigenvalue weighted by molar-refractivity contribution is -0.133. The van der Waals surface area contributed by atoms with E-state index >= 15 is 0 Å². The van der Waals surface area contributed by atoms with Crippen molar-refractivity contribution >= 4 is 28.7 Å². The van der Waals surface area contributed by atoms with Gasteiger partial charge in [0.05, 0.1) is 24.1 Å². The third-order valence-electron chi connectivity index (χ3n) is 8.92. The number of amides is 2. The summed E-state index contributed by atoms with van der Waals surface area (Å²) in [6, 6.07) is 5.64. The lowest BCUT2D eigenvalue weighted by Crippen LogP contribution is -2.50. The second kappa shape index (κ2) is 11.6. The summed E-state index contributed by atoms with van der Waals surface area (Å²) in [6.07, 6.45) is 5.97. The van der Waals surface area contributed by atoms with Crippen molar-refractivity contribution in [2.45, 2.75) is 52.1 Å². The maximum Gasteiger partial charge on any atom is 0.433 e. The molecule has 2 aliphatic heterocycles. The zero-order chi connectivity index (χ0) is 30.3. The van der Waals surface area contributed by atoms with Crippen molar-refractivity contribution in [2.75, 3.05) is 32.7 Å². The maximum atomic E-state index is 13.5. The van der Waals surface area contributed by atoms with Crippen LogP contribution in [-0.2, 0) is 11.2 Å². The molecule has 0 bridgehead atoms. The fourth-order valence-electron chi connectivity index (χ4n) is 6.66. The van der Waals surface area contributed by atoms with Crippen molar-refractivity contribution in [3.05, 3.63) is 70.9 Å². The van der Waals surface area contributed by atoms with E-state index < -0.39 is 11.9 Å². The number of aryl methyl sites for hydroxylation is 1. The average molecular weight is 593 g/mol. The monoisotopic (exact) mass is 592 g/mol. The van der Waals surface area contributed by atoms with Gasteiger partial charge in [-0.15, -0.1) is 0 Å². The normalized spacial score (nSPS) is 21.0. The van der Waals surface area contributed by atoms with Crippen LogP contribution in [0.3, 0.4) is 0 Å². The molecular formula is C32H35F3N6O2. The zero-order valence-corrected chi connectivity index (χ0v) is 24.4. The van der Waals surface area contributed by atoms with Crippen LogP contribution in [0, 0.1) is 18.8 Å². The third kappa shape index (κ3) is 5.94. The Morgan fingerprint density at radius 3 is 2.51 bits per heavy atom. The van der Waals surface area contributed by atoms with Crippen molar-refractivity contribution in [1.29, 1.82) is 0 Å². The van der Waals surface area contributed by atoms with Gasteiger partial charge in [-0.1, -0.05) is 31.6 Å². The molecule has 2 atom stereocenters. The van der Waals surface area contributed by atoms with E-state index in [4.69, 9.17) is 0 Å². The molecule has 3 aliphatic rings. The molecule has 0 unspecified atom stereocenters. The predicted octanol–water partition coefficient (Wildman–Crippen LogP) is 5.14. The maximum absolute atomic E-state index is 13.5. The summed E-state index contributed by atoms with van der Waals surface area (Å²) in [5.74, 6) is 1.35. The van der Waals surface area contributed by atoms with Crippen LogP contribution in [0.25, 0.3) is 11.2 Å². The number of imidazole rings is 1. The summed E-state index contributed by atoms with van der Waals surface area (Å²) in [5, 5.41) is 0. The van der Waals surface area contributed by atoms with Gasteiger partial charge in [0, 0.05) is 62.6 Å². The Kier molecular flexibility index (Phi) is 7.83. The highest BCUT2D eigenvalue weighted by Gasteiger charge is 2.40. The summed E-state index contributed by atoms with van der Waals surface area (Å²) in [7, 11) is 0. The molecule has 4 heterocycles. The first-order chi connectivity index (χ1) is 20.6. The van der Waals surface area contributed by atoms with Crippen molar-refractivity contribution in [3.8, 4) is 0 Å². The molecule has 11 heteroatoms. The van der Waals surface area contributed by atoms with Gasteiger partial charge in [0.1, 0.15) is 5.71 Å². The summed E-state index contributed by atoms with van der Waals surface area (Å²) < 4.78 is 42.1. The summed E-state index contributed by atoms with van der Waals surface area (Å²) in [4.78, 5) is 42.4. The Hall–Kier alpha value is -4.02. The molecule has 2 fully saturated rings. The van der Waals surface area contributed by atoms with Crippen molar-refractivity contribution in [1.82, 2.24) is 24.2 Å². The van der Waals surface area contributed by atoms with E-state index in [1.54, 1.807) is 16.8 Å². The van der Waals surface area contributed by atoms with E-state index in [-0.39, 0.29) is 23.9 Å². The molecule has 3 aromatic rings. The molecular weight excluding hydrogens is 557 g/mol. The largest absolute Gasteiger partial charge is 0.433 e. The van der Waals surface area contributed by atoms with Crippen LogP contribution < -0.4 is 0 Å². The molecule has 2 aromatic heterocycles. The fraction of sp³-hybridized carbons (Fsp3) is 0.469. The van der Waals surface area contributed by atoms with Crippen LogP contribution in [0.5, 0.6) is 0 Å². The topological polar surface area (TPSA) is 83.2 Å². The van der Waals surface area contributed by atoms with Gasteiger partial charge in [-0.05, 0) is 48.8 Å². The van der Waals surface area contributed by atoms with Gasteiger partial charge >= 0.3 is 6.18 Å². The lowest BCUT2D eigenvalue weighted by atomic mass is 10.0. The standard InChI is InChI=1S/C32H35F3N6O2/c1-20-3-4-22(15-20)18-28(42)39-11-13-40(14-12-39)31(43)24-6-5-23(16-21(24)2)17-26-30-38-19-27(41(30)10-9-36-26)25-7-8-37-29(25)32(33,34)35/h5-7,9-10,16,19-20,22H,3-4,8,11-15,17-18H2,1-2H3/t20-,22+/m0/s1. The number of halogens is 3. The van der Waals surface area contributed by atoms with Crippen LogP contribution in [0.1, 0.15) is 65.5 Å². The Bertz CT molecular complexity index is 1620. The molecule has 0 N–H and O–H groups in total. The molecule has 226 valence electrons. The number of carbonyl (C=O) groups excluding carboxylic acids is 2. The summed E-state index contributed by atoms with van der Waals surface area (Å²) in [5.41, 5.74) is 2.88. The van der Waals surface area contributed by atoms with Crippen molar-refractivity contribution in [3.63, 3.8) is 0 Å². The Labute approximate surface area is 248 Å². The highest BCUT2D eigenvalue weighted by molar-refractivity contribution is 6.27. The Morgan fingerprint density at radius 1 is 1.05 bits per heavy atom. The minimum Gasteiger partial charge on any atom is -0.339 e. The molecule has 1 saturated carbocycles. The van der Waals surface area contributed by atoms with Crippen molar-refractivity contribution < 1.29 is 22.8 Å². The quantitative estimate of drug-likeness (QED) is 0.397.